The Morgan fingerprint density at radius 3 is 2.43 bits per heavy atom. The van der Waals surface area contributed by atoms with E-state index in [1.54, 1.807) is 0 Å². The fourth-order valence-electron chi connectivity index (χ4n) is 4.08. The summed E-state index contributed by atoms with van der Waals surface area (Å²) < 4.78 is 1.95. The van der Waals surface area contributed by atoms with E-state index in [0.717, 1.165) is 23.3 Å². The van der Waals surface area contributed by atoms with Crippen LogP contribution in [0, 0.1) is 0 Å². The first kappa shape index (κ1) is 14.9. The van der Waals surface area contributed by atoms with Crippen LogP contribution in [0.15, 0.2) is 12.1 Å². The minimum Gasteiger partial charge on any atom is -0.361 e. The zero-order valence-electron chi connectivity index (χ0n) is 14.1. The van der Waals surface area contributed by atoms with E-state index in [1.807, 2.05) is 35.6 Å². The first-order chi connectivity index (χ1) is 11.2. The molecule has 0 bridgehead atoms. The third kappa shape index (κ3) is 2.80. The van der Waals surface area contributed by atoms with Gasteiger partial charge in [0.2, 0.25) is 0 Å². The molecule has 0 atom stereocenters. The van der Waals surface area contributed by atoms with Gasteiger partial charge in [0.25, 0.3) is 0 Å². The van der Waals surface area contributed by atoms with Crippen LogP contribution in [0.5, 0.6) is 0 Å². The second kappa shape index (κ2) is 6.07. The number of hydrogen-bond acceptors (Lipinski definition) is 5. The van der Waals surface area contributed by atoms with Gasteiger partial charge in [0, 0.05) is 26.1 Å². The van der Waals surface area contributed by atoms with Crippen molar-refractivity contribution in [2.75, 3.05) is 32.1 Å². The van der Waals surface area contributed by atoms with Gasteiger partial charge in [0.05, 0.1) is 0 Å². The Labute approximate surface area is 137 Å². The van der Waals surface area contributed by atoms with Crippen LogP contribution in [-0.2, 0) is 0 Å². The van der Waals surface area contributed by atoms with E-state index in [9.17, 15) is 0 Å². The van der Waals surface area contributed by atoms with Gasteiger partial charge in [0.1, 0.15) is 5.82 Å². The summed E-state index contributed by atoms with van der Waals surface area (Å²) in [5.41, 5.74) is 0.851. The third-order valence-electron chi connectivity index (χ3n) is 5.47. The lowest BCUT2D eigenvalue weighted by molar-refractivity contribution is 0.151. The normalized spacial score (nSPS) is 21.3. The van der Waals surface area contributed by atoms with Crippen molar-refractivity contribution < 1.29 is 0 Å². The van der Waals surface area contributed by atoms with E-state index in [-0.39, 0.29) is 0 Å². The number of fused-ring (bicyclic) bond motifs is 1. The molecule has 6 heteroatoms. The molecule has 1 saturated carbocycles. The molecule has 1 aliphatic heterocycles. The summed E-state index contributed by atoms with van der Waals surface area (Å²) in [4.78, 5) is 4.72. The molecule has 2 aromatic heterocycles. The van der Waals surface area contributed by atoms with Crippen molar-refractivity contribution in [3.63, 3.8) is 0 Å². The average Bonchev–Trinajstić information content (AvgIpc) is 3.24. The Morgan fingerprint density at radius 1 is 1.00 bits per heavy atom. The zero-order valence-corrected chi connectivity index (χ0v) is 14.1. The smallest absolute Gasteiger partial charge is 0.178 e. The lowest BCUT2D eigenvalue weighted by Crippen LogP contribution is -2.39. The van der Waals surface area contributed by atoms with Crippen molar-refractivity contribution in [2.24, 2.45) is 0 Å². The summed E-state index contributed by atoms with van der Waals surface area (Å²) >= 11 is 0. The Hall–Kier alpha value is -1.69. The first-order valence-corrected chi connectivity index (χ1v) is 8.86. The fraction of sp³-hybridized carbons (Fsp3) is 0.706. The molecule has 0 amide bonds. The zero-order chi connectivity index (χ0) is 15.8. The van der Waals surface area contributed by atoms with Gasteiger partial charge in [-0.05, 0) is 50.9 Å². The molecule has 2 aromatic rings. The number of anilines is 1. The molecule has 0 radical (unpaired) electrons. The van der Waals surface area contributed by atoms with Gasteiger partial charge < -0.3 is 9.80 Å². The quantitative estimate of drug-likeness (QED) is 0.870. The standard InChI is InChI=1S/C17H26N6/c1-21(2)16-8-7-15-18-19-17(23(15)20-16)13-9-11-22(12-10-13)14-5-3-4-6-14/h7-8,13-14H,3-6,9-12H2,1-2H3. The monoisotopic (exact) mass is 314 g/mol. The van der Waals surface area contributed by atoms with Crippen molar-refractivity contribution in [1.29, 1.82) is 0 Å². The molecule has 0 unspecified atom stereocenters. The largest absolute Gasteiger partial charge is 0.361 e. The van der Waals surface area contributed by atoms with Crippen LogP contribution >= 0.6 is 0 Å². The van der Waals surface area contributed by atoms with Crippen molar-refractivity contribution >= 4 is 11.5 Å². The van der Waals surface area contributed by atoms with E-state index in [0.29, 0.717) is 5.92 Å². The van der Waals surface area contributed by atoms with Crippen LogP contribution in [0.25, 0.3) is 5.65 Å². The van der Waals surface area contributed by atoms with Crippen LogP contribution in [0.4, 0.5) is 5.82 Å². The van der Waals surface area contributed by atoms with Crippen LogP contribution in [0.1, 0.15) is 50.3 Å². The Balaban J connectivity index is 1.52. The van der Waals surface area contributed by atoms with Crippen LogP contribution < -0.4 is 4.90 Å². The van der Waals surface area contributed by atoms with Gasteiger partial charge in [-0.2, -0.15) is 4.52 Å². The third-order valence-corrected chi connectivity index (χ3v) is 5.47. The summed E-state index contributed by atoms with van der Waals surface area (Å²) in [6.45, 7) is 2.38. The molecule has 1 aliphatic carbocycles. The summed E-state index contributed by atoms with van der Waals surface area (Å²) in [7, 11) is 4.02. The highest BCUT2D eigenvalue weighted by atomic mass is 15.4. The number of rotatable bonds is 3. The summed E-state index contributed by atoms with van der Waals surface area (Å²) in [6, 6.07) is 4.84. The molecule has 0 spiro atoms. The maximum atomic E-state index is 4.71. The topological polar surface area (TPSA) is 49.6 Å². The molecule has 0 aromatic carbocycles. The summed E-state index contributed by atoms with van der Waals surface area (Å²) in [5.74, 6) is 2.46. The van der Waals surface area contributed by atoms with Gasteiger partial charge in [-0.1, -0.05) is 12.8 Å². The molecule has 3 heterocycles. The lowest BCUT2D eigenvalue weighted by Gasteiger charge is -2.35. The number of hydrogen-bond donors (Lipinski definition) is 0. The van der Waals surface area contributed by atoms with Crippen LogP contribution in [-0.4, -0.2) is 57.9 Å². The molecule has 0 N–H and O–H groups in total. The van der Waals surface area contributed by atoms with E-state index < -0.39 is 0 Å². The maximum Gasteiger partial charge on any atom is 0.178 e. The Kier molecular flexibility index (Phi) is 3.93. The molecule has 124 valence electrons. The summed E-state index contributed by atoms with van der Waals surface area (Å²) in [6.07, 6.45) is 7.96. The number of nitrogens with zero attached hydrogens (tertiary/aromatic N) is 6. The predicted octanol–water partition coefficient (Wildman–Crippen LogP) is 2.31. The molecular weight excluding hydrogens is 288 g/mol. The fourth-order valence-corrected chi connectivity index (χ4v) is 4.08. The number of piperidine rings is 1. The highest BCUT2D eigenvalue weighted by molar-refractivity contribution is 5.45. The van der Waals surface area contributed by atoms with E-state index in [2.05, 4.69) is 15.1 Å². The van der Waals surface area contributed by atoms with Crippen molar-refractivity contribution in [2.45, 2.75) is 50.5 Å². The van der Waals surface area contributed by atoms with Gasteiger partial charge in [-0.3, -0.25) is 0 Å². The van der Waals surface area contributed by atoms with Gasteiger partial charge >= 0.3 is 0 Å². The predicted molar refractivity (Wildman–Crippen MR) is 90.9 cm³/mol. The van der Waals surface area contributed by atoms with Crippen molar-refractivity contribution in [3.8, 4) is 0 Å². The SMILES string of the molecule is CN(C)c1ccc2nnc(C3CCN(C4CCCC4)CC3)n2n1. The maximum absolute atomic E-state index is 4.71. The Bertz CT molecular complexity index is 665. The first-order valence-electron chi connectivity index (χ1n) is 8.86. The van der Waals surface area contributed by atoms with Gasteiger partial charge in [0.15, 0.2) is 11.5 Å². The van der Waals surface area contributed by atoms with E-state index in [1.165, 1.54) is 51.6 Å². The molecule has 1 saturated heterocycles. The second-order valence-electron chi connectivity index (χ2n) is 7.16. The van der Waals surface area contributed by atoms with Crippen LogP contribution in [0.2, 0.25) is 0 Å². The molecule has 2 fully saturated rings. The van der Waals surface area contributed by atoms with Crippen molar-refractivity contribution in [3.05, 3.63) is 18.0 Å². The Morgan fingerprint density at radius 2 is 1.74 bits per heavy atom. The van der Waals surface area contributed by atoms with E-state index in [4.69, 9.17) is 5.10 Å². The minimum atomic E-state index is 0.479. The second-order valence-corrected chi connectivity index (χ2v) is 7.16. The van der Waals surface area contributed by atoms with Crippen molar-refractivity contribution in [1.82, 2.24) is 24.7 Å². The van der Waals surface area contributed by atoms with Gasteiger partial charge in [-0.25, -0.2) is 0 Å². The highest BCUT2D eigenvalue weighted by Crippen LogP contribution is 2.31. The van der Waals surface area contributed by atoms with Gasteiger partial charge in [-0.15, -0.1) is 15.3 Å². The summed E-state index contributed by atoms with van der Waals surface area (Å²) in [5, 5.41) is 13.5. The molecule has 6 nitrogen and oxygen atoms in total. The molecule has 23 heavy (non-hydrogen) atoms. The number of aromatic nitrogens is 4. The lowest BCUT2D eigenvalue weighted by atomic mass is 9.95. The molecular formula is C17H26N6. The minimum absolute atomic E-state index is 0.479. The van der Waals surface area contributed by atoms with Crippen LogP contribution in [0.3, 0.4) is 0 Å². The average molecular weight is 314 g/mol. The molecule has 4 rings (SSSR count). The number of likely N-dealkylation sites (tertiary alicyclic amines) is 1. The van der Waals surface area contributed by atoms with E-state index >= 15 is 0 Å². The highest BCUT2D eigenvalue weighted by Gasteiger charge is 2.29. The molecule has 2 aliphatic rings.